The molecule has 0 bridgehead atoms. The van der Waals surface area contributed by atoms with Crippen LogP contribution in [-0.4, -0.2) is 30.2 Å². The number of phenolic OH excluding ortho intramolecular Hbond substituents is 1. The van der Waals surface area contributed by atoms with E-state index in [9.17, 15) is 23.1 Å². The van der Waals surface area contributed by atoms with E-state index in [-0.39, 0.29) is 34.6 Å². The zero-order valence-electron chi connectivity index (χ0n) is 18.7. The molecule has 0 amide bonds. The van der Waals surface area contributed by atoms with E-state index in [4.69, 9.17) is 13.9 Å². The predicted octanol–water partition coefficient (Wildman–Crippen LogP) is 5.94. The average molecular weight is 465 g/mol. The van der Waals surface area contributed by atoms with Crippen LogP contribution in [0.5, 0.6) is 23.0 Å². The number of rotatable bonds is 9. The molecule has 0 aliphatic rings. The molecule has 1 aromatic heterocycles. The van der Waals surface area contributed by atoms with E-state index in [2.05, 4.69) is 0 Å². The Morgan fingerprint density at radius 1 is 1.00 bits per heavy atom. The fraction of sp³-hybridized carbons (Fsp3) is 0.375. The van der Waals surface area contributed by atoms with E-state index < -0.39 is 23.1 Å². The van der Waals surface area contributed by atoms with Crippen molar-refractivity contribution >= 4 is 11.0 Å². The lowest BCUT2D eigenvalue weighted by molar-refractivity contribution is -0.154. The molecule has 0 atom stereocenters. The van der Waals surface area contributed by atoms with Crippen LogP contribution in [0, 0.1) is 0 Å². The summed E-state index contributed by atoms with van der Waals surface area (Å²) in [5.74, 6) is -2.26. The number of methoxy groups -OCH3 is 1. The number of alkyl halides is 3. The van der Waals surface area contributed by atoms with Crippen LogP contribution in [0.2, 0.25) is 0 Å². The van der Waals surface area contributed by atoms with E-state index in [0.29, 0.717) is 18.8 Å². The zero-order chi connectivity index (χ0) is 24.2. The van der Waals surface area contributed by atoms with Gasteiger partial charge in [-0.1, -0.05) is 13.8 Å². The second-order valence-corrected chi connectivity index (χ2v) is 7.58. The summed E-state index contributed by atoms with van der Waals surface area (Å²) < 4.78 is 57.4. The minimum Gasteiger partial charge on any atom is -0.507 e. The summed E-state index contributed by atoms with van der Waals surface area (Å²) in [5, 5.41) is 10.3. The van der Waals surface area contributed by atoms with Crippen molar-refractivity contribution in [2.45, 2.75) is 39.4 Å². The second-order valence-electron chi connectivity index (χ2n) is 7.58. The molecule has 0 radical (unpaired) electrons. The van der Waals surface area contributed by atoms with Crippen molar-refractivity contribution in [2.24, 2.45) is 0 Å². The van der Waals surface area contributed by atoms with Crippen molar-refractivity contribution in [1.82, 2.24) is 4.90 Å². The Balaban J connectivity index is 2.18. The summed E-state index contributed by atoms with van der Waals surface area (Å²) in [6, 6.07) is 8.30. The van der Waals surface area contributed by atoms with Gasteiger partial charge >= 0.3 is 6.18 Å². The van der Waals surface area contributed by atoms with Crippen molar-refractivity contribution in [3.63, 3.8) is 0 Å². The van der Waals surface area contributed by atoms with Crippen LogP contribution in [0.4, 0.5) is 13.2 Å². The molecule has 0 aliphatic carbocycles. The molecule has 0 fully saturated rings. The topological polar surface area (TPSA) is 72.1 Å². The van der Waals surface area contributed by atoms with E-state index in [1.54, 1.807) is 0 Å². The molecule has 1 heterocycles. The van der Waals surface area contributed by atoms with Crippen LogP contribution in [-0.2, 0) is 12.7 Å². The van der Waals surface area contributed by atoms with Gasteiger partial charge in [0.2, 0.25) is 11.2 Å². The van der Waals surface area contributed by atoms with Crippen molar-refractivity contribution in [3.8, 4) is 23.0 Å². The van der Waals surface area contributed by atoms with E-state index >= 15 is 0 Å². The summed E-state index contributed by atoms with van der Waals surface area (Å²) in [6.07, 6.45) is -3.35. The monoisotopic (exact) mass is 465 g/mol. The highest BCUT2D eigenvalue weighted by atomic mass is 19.4. The quantitative estimate of drug-likeness (QED) is 0.422. The molecule has 3 rings (SSSR count). The van der Waals surface area contributed by atoms with Crippen LogP contribution in [0.3, 0.4) is 0 Å². The number of aromatic hydroxyl groups is 1. The molecular formula is C24H26F3NO5. The number of hydrogen-bond donors (Lipinski definition) is 1. The van der Waals surface area contributed by atoms with Gasteiger partial charge < -0.3 is 19.0 Å². The molecule has 2 aromatic carbocycles. The normalized spacial score (nSPS) is 11.8. The predicted molar refractivity (Wildman–Crippen MR) is 118 cm³/mol. The maximum absolute atomic E-state index is 13.9. The molecule has 0 aliphatic heterocycles. The van der Waals surface area contributed by atoms with Crippen molar-refractivity contribution in [3.05, 3.63) is 57.9 Å². The molecule has 178 valence electrons. The summed E-state index contributed by atoms with van der Waals surface area (Å²) in [6.45, 7) is 5.47. The lowest BCUT2D eigenvalue weighted by atomic mass is 10.1. The maximum atomic E-state index is 13.9. The van der Waals surface area contributed by atoms with Gasteiger partial charge in [-0.15, -0.1) is 0 Å². The van der Waals surface area contributed by atoms with Gasteiger partial charge in [-0.2, -0.15) is 13.2 Å². The first-order valence-electron chi connectivity index (χ1n) is 10.6. The molecule has 0 saturated carbocycles. The van der Waals surface area contributed by atoms with Gasteiger partial charge in [-0.3, -0.25) is 9.69 Å². The van der Waals surface area contributed by atoms with Gasteiger partial charge in [-0.25, -0.2) is 0 Å². The number of hydrogen-bond acceptors (Lipinski definition) is 6. The minimum absolute atomic E-state index is 0.0176. The van der Waals surface area contributed by atoms with E-state index in [1.807, 2.05) is 18.7 Å². The van der Waals surface area contributed by atoms with E-state index in [0.717, 1.165) is 12.8 Å². The number of ether oxygens (including phenoxy) is 2. The number of halogens is 3. The molecule has 33 heavy (non-hydrogen) atoms. The number of benzene rings is 2. The van der Waals surface area contributed by atoms with Crippen LogP contribution >= 0.6 is 0 Å². The molecule has 9 heteroatoms. The van der Waals surface area contributed by atoms with Crippen LogP contribution in [0.1, 0.15) is 38.0 Å². The van der Waals surface area contributed by atoms with Crippen LogP contribution in [0.25, 0.3) is 11.0 Å². The van der Waals surface area contributed by atoms with E-state index in [1.165, 1.54) is 43.5 Å². The Labute approximate surface area is 189 Å². The standard InChI is InChI=1S/C24H26F3NO5/c1-4-12-28(13-5-2)14-18-19(29)11-10-17-20(30)22(23(24(25,26)27)33-21(17)18)32-16-8-6-15(31-3)7-9-16/h6-11,29H,4-5,12-14H2,1-3H3. The van der Waals surface area contributed by atoms with Gasteiger partial charge in [-0.05, 0) is 62.3 Å². The Kier molecular flexibility index (Phi) is 7.53. The molecule has 0 unspecified atom stereocenters. The molecule has 3 aromatic rings. The van der Waals surface area contributed by atoms with Crippen molar-refractivity contribution < 1.29 is 32.2 Å². The highest BCUT2D eigenvalue weighted by Gasteiger charge is 2.41. The third-order valence-corrected chi connectivity index (χ3v) is 5.10. The molecule has 0 spiro atoms. The number of phenols is 1. The highest BCUT2D eigenvalue weighted by Crippen LogP contribution is 2.40. The highest BCUT2D eigenvalue weighted by molar-refractivity contribution is 5.83. The van der Waals surface area contributed by atoms with Gasteiger partial charge in [0.15, 0.2) is 0 Å². The smallest absolute Gasteiger partial charge is 0.453 e. The van der Waals surface area contributed by atoms with Crippen LogP contribution in [0.15, 0.2) is 45.6 Å². The van der Waals surface area contributed by atoms with Gasteiger partial charge in [0.05, 0.1) is 18.1 Å². The first-order valence-corrected chi connectivity index (χ1v) is 10.6. The van der Waals surface area contributed by atoms with Gasteiger partial charge in [0, 0.05) is 6.54 Å². The Morgan fingerprint density at radius 3 is 2.15 bits per heavy atom. The molecule has 1 N–H and O–H groups in total. The summed E-state index contributed by atoms with van der Waals surface area (Å²) >= 11 is 0. The van der Waals surface area contributed by atoms with Crippen molar-refractivity contribution in [1.29, 1.82) is 0 Å². The first-order chi connectivity index (χ1) is 15.7. The summed E-state index contributed by atoms with van der Waals surface area (Å²) in [7, 11) is 1.45. The minimum atomic E-state index is -5.00. The Hall–Kier alpha value is -3.20. The summed E-state index contributed by atoms with van der Waals surface area (Å²) in [4.78, 5) is 15.1. The zero-order valence-corrected chi connectivity index (χ0v) is 18.7. The fourth-order valence-electron chi connectivity index (χ4n) is 3.61. The number of nitrogens with zero attached hydrogens (tertiary/aromatic N) is 1. The maximum Gasteiger partial charge on any atom is 0.453 e. The average Bonchev–Trinajstić information content (AvgIpc) is 2.77. The number of fused-ring (bicyclic) bond motifs is 1. The molecule has 0 saturated heterocycles. The molecule has 6 nitrogen and oxygen atoms in total. The second kappa shape index (κ2) is 10.2. The first kappa shape index (κ1) is 24.4. The Morgan fingerprint density at radius 2 is 1.61 bits per heavy atom. The third kappa shape index (κ3) is 5.42. The van der Waals surface area contributed by atoms with Gasteiger partial charge in [0.1, 0.15) is 22.8 Å². The van der Waals surface area contributed by atoms with Gasteiger partial charge in [0.25, 0.3) is 5.76 Å². The largest absolute Gasteiger partial charge is 0.507 e. The third-order valence-electron chi connectivity index (χ3n) is 5.10. The Bertz CT molecular complexity index is 1150. The lowest BCUT2D eigenvalue weighted by Gasteiger charge is -2.22. The fourth-order valence-corrected chi connectivity index (χ4v) is 3.61. The van der Waals surface area contributed by atoms with Crippen LogP contribution < -0.4 is 14.9 Å². The SMILES string of the molecule is CCCN(CCC)Cc1c(O)ccc2c(=O)c(Oc3ccc(OC)cc3)c(C(F)(F)F)oc12. The van der Waals surface area contributed by atoms with Crippen molar-refractivity contribution in [2.75, 3.05) is 20.2 Å². The summed E-state index contributed by atoms with van der Waals surface area (Å²) in [5.41, 5.74) is -1.14. The molecular weight excluding hydrogens is 439 g/mol. The lowest BCUT2D eigenvalue weighted by Crippen LogP contribution is -2.25.